The van der Waals surface area contributed by atoms with Crippen LogP contribution in [-0.2, 0) is 11.2 Å². The second-order valence-electron chi connectivity index (χ2n) is 5.18. The van der Waals surface area contributed by atoms with Crippen LogP contribution in [-0.4, -0.2) is 18.2 Å². The van der Waals surface area contributed by atoms with E-state index in [9.17, 15) is 4.79 Å². The Bertz CT molecular complexity index is 377. The Balaban J connectivity index is 2.59. The number of carbonyl (C=O) groups excluding carboxylic acids is 1. The number of nitrogens with two attached hydrogens (primary N) is 2. The van der Waals surface area contributed by atoms with Gasteiger partial charge in [0.15, 0.2) is 0 Å². The number of benzene rings is 1. The maximum absolute atomic E-state index is 10.8. The summed E-state index contributed by atoms with van der Waals surface area (Å²) in [7, 11) is 0. The van der Waals surface area contributed by atoms with Crippen LogP contribution in [0.1, 0.15) is 25.8 Å². The Morgan fingerprint density at radius 3 is 2.44 bits per heavy atom. The molecule has 0 spiro atoms. The SMILES string of the molecule is CC(C)(C[C@@H](CN)Cc1ccccc1)OC(N)=O. The van der Waals surface area contributed by atoms with Crippen LogP contribution in [0.4, 0.5) is 4.79 Å². The predicted molar refractivity (Wildman–Crippen MR) is 72.1 cm³/mol. The van der Waals surface area contributed by atoms with E-state index in [-0.39, 0.29) is 5.92 Å². The van der Waals surface area contributed by atoms with Gasteiger partial charge in [0.1, 0.15) is 5.60 Å². The van der Waals surface area contributed by atoms with Crippen LogP contribution in [0, 0.1) is 5.92 Å². The van der Waals surface area contributed by atoms with Gasteiger partial charge in [-0.3, -0.25) is 0 Å². The smallest absolute Gasteiger partial charge is 0.405 e. The van der Waals surface area contributed by atoms with Gasteiger partial charge in [0.25, 0.3) is 0 Å². The molecule has 0 unspecified atom stereocenters. The molecule has 0 bridgehead atoms. The van der Waals surface area contributed by atoms with Gasteiger partial charge in [-0.05, 0) is 44.7 Å². The molecule has 0 aliphatic rings. The lowest BCUT2D eigenvalue weighted by Crippen LogP contribution is -2.35. The molecule has 0 heterocycles. The quantitative estimate of drug-likeness (QED) is 0.811. The van der Waals surface area contributed by atoms with Crippen LogP contribution in [0.25, 0.3) is 0 Å². The van der Waals surface area contributed by atoms with Crippen molar-refractivity contribution < 1.29 is 9.53 Å². The summed E-state index contributed by atoms with van der Waals surface area (Å²) in [5.74, 6) is 0.266. The molecule has 0 aliphatic carbocycles. The summed E-state index contributed by atoms with van der Waals surface area (Å²) in [6.07, 6.45) is 0.833. The highest BCUT2D eigenvalue weighted by Gasteiger charge is 2.26. The van der Waals surface area contributed by atoms with Crippen molar-refractivity contribution in [1.82, 2.24) is 0 Å². The number of primary amides is 1. The summed E-state index contributed by atoms with van der Waals surface area (Å²) in [4.78, 5) is 10.8. The minimum absolute atomic E-state index is 0.266. The molecule has 0 aromatic heterocycles. The third kappa shape index (κ3) is 5.19. The number of amides is 1. The number of rotatable bonds is 6. The van der Waals surface area contributed by atoms with Crippen LogP contribution in [0.15, 0.2) is 30.3 Å². The van der Waals surface area contributed by atoms with Gasteiger partial charge in [-0.2, -0.15) is 0 Å². The average molecular weight is 250 g/mol. The summed E-state index contributed by atoms with van der Waals surface area (Å²) < 4.78 is 5.09. The van der Waals surface area contributed by atoms with Crippen molar-refractivity contribution in [3.63, 3.8) is 0 Å². The zero-order valence-electron chi connectivity index (χ0n) is 11.1. The van der Waals surface area contributed by atoms with E-state index in [1.807, 2.05) is 32.0 Å². The monoisotopic (exact) mass is 250 g/mol. The molecular weight excluding hydrogens is 228 g/mol. The first-order valence-electron chi connectivity index (χ1n) is 6.15. The highest BCUT2D eigenvalue weighted by Crippen LogP contribution is 2.23. The molecule has 4 nitrogen and oxygen atoms in total. The Morgan fingerprint density at radius 1 is 1.33 bits per heavy atom. The average Bonchev–Trinajstić information content (AvgIpc) is 2.27. The maximum atomic E-state index is 10.8. The van der Waals surface area contributed by atoms with E-state index < -0.39 is 11.7 Å². The first kappa shape index (κ1) is 14.5. The van der Waals surface area contributed by atoms with Crippen molar-refractivity contribution in [2.45, 2.75) is 32.3 Å². The first-order chi connectivity index (χ1) is 8.43. The number of ether oxygens (including phenoxy) is 1. The summed E-state index contributed by atoms with van der Waals surface area (Å²) in [6.45, 7) is 4.26. The minimum Gasteiger partial charge on any atom is -0.444 e. The molecule has 0 radical (unpaired) electrons. The van der Waals surface area contributed by atoms with Crippen molar-refractivity contribution >= 4 is 6.09 Å². The molecule has 0 fully saturated rings. The molecular formula is C14H22N2O2. The summed E-state index contributed by atoms with van der Waals surface area (Å²) in [6, 6.07) is 10.2. The molecule has 4 N–H and O–H groups in total. The molecule has 18 heavy (non-hydrogen) atoms. The molecule has 1 rings (SSSR count). The van der Waals surface area contributed by atoms with Gasteiger partial charge in [-0.15, -0.1) is 0 Å². The Hall–Kier alpha value is -1.55. The van der Waals surface area contributed by atoms with Gasteiger partial charge in [0.05, 0.1) is 0 Å². The molecule has 100 valence electrons. The van der Waals surface area contributed by atoms with E-state index in [1.165, 1.54) is 5.56 Å². The van der Waals surface area contributed by atoms with Crippen LogP contribution >= 0.6 is 0 Å². The molecule has 0 saturated carbocycles. The predicted octanol–water partition coefficient (Wildman–Crippen LogP) is 2.07. The largest absolute Gasteiger partial charge is 0.444 e. The van der Waals surface area contributed by atoms with Crippen LogP contribution in [0.2, 0.25) is 0 Å². The number of hydrogen-bond acceptors (Lipinski definition) is 3. The van der Waals surface area contributed by atoms with Crippen molar-refractivity contribution in [3.05, 3.63) is 35.9 Å². The molecule has 4 heteroatoms. The molecule has 1 atom stereocenters. The molecule has 1 aromatic carbocycles. The molecule has 1 amide bonds. The van der Waals surface area contributed by atoms with Crippen LogP contribution in [0.5, 0.6) is 0 Å². The number of carbonyl (C=O) groups is 1. The van der Waals surface area contributed by atoms with Crippen LogP contribution in [0.3, 0.4) is 0 Å². The van der Waals surface area contributed by atoms with E-state index >= 15 is 0 Å². The zero-order valence-corrected chi connectivity index (χ0v) is 11.1. The fourth-order valence-corrected chi connectivity index (χ4v) is 2.20. The van der Waals surface area contributed by atoms with Crippen LogP contribution < -0.4 is 11.5 Å². The van der Waals surface area contributed by atoms with E-state index in [1.54, 1.807) is 0 Å². The maximum Gasteiger partial charge on any atom is 0.405 e. The first-order valence-corrected chi connectivity index (χ1v) is 6.15. The lowest BCUT2D eigenvalue weighted by Gasteiger charge is -2.28. The van der Waals surface area contributed by atoms with Crippen molar-refractivity contribution in [3.8, 4) is 0 Å². The van der Waals surface area contributed by atoms with E-state index in [4.69, 9.17) is 16.2 Å². The molecule has 0 aliphatic heterocycles. The Kier molecular flexibility index (Phi) is 5.16. The summed E-state index contributed by atoms with van der Waals surface area (Å²) >= 11 is 0. The molecule has 0 saturated heterocycles. The van der Waals surface area contributed by atoms with Gasteiger partial charge >= 0.3 is 6.09 Å². The Labute approximate surface area is 108 Å². The fourth-order valence-electron chi connectivity index (χ4n) is 2.20. The van der Waals surface area contributed by atoms with Gasteiger partial charge in [0, 0.05) is 0 Å². The van der Waals surface area contributed by atoms with E-state index in [2.05, 4.69) is 12.1 Å². The second-order valence-corrected chi connectivity index (χ2v) is 5.18. The zero-order chi connectivity index (χ0) is 13.6. The fraction of sp³-hybridized carbons (Fsp3) is 0.500. The minimum atomic E-state index is -0.740. The van der Waals surface area contributed by atoms with Gasteiger partial charge in [-0.25, -0.2) is 4.79 Å². The lowest BCUT2D eigenvalue weighted by molar-refractivity contribution is 0.0273. The highest BCUT2D eigenvalue weighted by molar-refractivity contribution is 5.65. The van der Waals surface area contributed by atoms with Gasteiger partial charge in [-0.1, -0.05) is 30.3 Å². The summed E-state index contributed by atoms with van der Waals surface area (Å²) in [5.41, 5.74) is 11.5. The van der Waals surface area contributed by atoms with Crippen molar-refractivity contribution in [2.24, 2.45) is 17.4 Å². The normalized spacial score (nSPS) is 13.1. The second kappa shape index (κ2) is 6.40. The van der Waals surface area contributed by atoms with Crippen molar-refractivity contribution in [1.29, 1.82) is 0 Å². The Morgan fingerprint density at radius 2 is 1.94 bits per heavy atom. The lowest BCUT2D eigenvalue weighted by atomic mass is 9.88. The summed E-state index contributed by atoms with van der Waals surface area (Å²) in [5, 5.41) is 0. The number of hydrogen-bond donors (Lipinski definition) is 2. The van der Waals surface area contributed by atoms with E-state index in [0.29, 0.717) is 13.0 Å². The molecule has 1 aromatic rings. The van der Waals surface area contributed by atoms with Gasteiger partial charge in [0.2, 0.25) is 0 Å². The third-order valence-corrected chi connectivity index (χ3v) is 2.86. The highest BCUT2D eigenvalue weighted by atomic mass is 16.6. The van der Waals surface area contributed by atoms with Crippen molar-refractivity contribution in [2.75, 3.05) is 6.54 Å². The topological polar surface area (TPSA) is 78.3 Å². The third-order valence-electron chi connectivity index (χ3n) is 2.86. The van der Waals surface area contributed by atoms with Gasteiger partial charge < -0.3 is 16.2 Å². The van der Waals surface area contributed by atoms with E-state index in [0.717, 1.165) is 6.42 Å². The standard InChI is InChI=1S/C14H22N2O2/c1-14(2,18-13(16)17)9-12(10-15)8-11-6-4-3-5-7-11/h3-7,12H,8-10,15H2,1-2H3,(H2,16,17)/t12-/m0/s1.